The number of hydrogen-bond acceptors (Lipinski definition) is 11. The lowest BCUT2D eigenvalue weighted by Crippen LogP contribution is -2.29. The van der Waals surface area contributed by atoms with E-state index in [0.29, 0.717) is 60.7 Å². The molecule has 1 aromatic heterocycles. The summed E-state index contributed by atoms with van der Waals surface area (Å²) in [5.74, 6) is -0.975. The molecule has 0 radical (unpaired) electrons. The number of ether oxygens (including phenoxy) is 5. The zero-order valence-corrected chi connectivity index (χ0v) is 25.1. The summed E-state index contributed by atoms with van der Waals surface area (Å²) < 4.78 is 27.9. The van der Waals surface area contributed by atoms with E-state index in [1.165, 1.54) is 12.0 Å². The minimum atomic E-state index is -1.10. The van der Waals surface area contributed by atoms with Gasteiger partial charge in [-0.05, 0) is 56.2 Å². The van der Waals surface area contributed by atoms with E-state index < -0.39 is 29.5 Å². The number of aliphatic hydroxyl groups is 1. The molecule has 1 amide bonds. The number of benzene rings is 2. The van der Waals surface area contributed by atoms with Gasteiger partial charge >= 0.3 is 11.9 Å². The number of hydrogen-bond donors (Lipinski definition) is 1. The van der Waals surface area contributed by atoms with E-state index in [0.717, 1.165) is 24.2 Å². The summed E-state index contributed by atoms with van der Waals surface area (Å²) >= 11 is 0.924. The zero-order valence-electron chi connectivity index (χ0n) is 24.3. The number of thiazole rings is 1. The molecular formula is C31H32N2O9S. The molecule has 2 aliphatic rings. The molecule has 1 unspecified atom stereocenters. The van der Waals surface area contributed by atoms with E-state index in [1.807, 2.05) is 6.92 Å². The van der Waals surface area contributed by atoms with Gasteiger partial charge in [0.25, 0.3) is 5.78 Å². The maximum absolute atomic E-state index is 13.7. The molecule has 0 bridgehead atoms. The van der Waals surface area contributed by atoms with Crippen LogP contribution >= 0.6 is 11.3 Å². The smallest absolute Gasteiger partial charge is 0.350 e. The Kier molecular flexibility index (Phi) is 8.86. The Balaban J connectivity index is 1.68. The molecule has 226 valence electrons. The van der Waals surface area contributed by atoms with Gasteiger partial charge in [-0.15, -0.1) is 0 Å². The van der Waals surface area contributed by atoms with Gasteiger partial charge in [0.05, 0.1) is 37.6 Å². The molecule has 0 spiro atoms. The van der Waals surface area contributed by atoms with Crippen molar-refractivity contribution >= 4 is 39.9 Å². The van der Waals surface area contributed by atoms with Crippen molar-refractivity contribution in [1.29, 1.82) is 0 Å². The molecule has 11 nitrogen and oxygen atoms in total. The van der Waals surface area contributed by atoms with Gasteiger partial charge < -0.3 is 28.8 Å². The average Bonchev–Trinajstić information content (AvgIpc) is 3.53. The first-order valence-electron chi connectivity index (χ1n) is 13.9. The van der Waals surface area contributed by atoms with E-state index in [1.54, 1.807) is 43.3 Å². The normalized spacial score (nSPS) is 17.2. The Morgan fingerprint density at radius 1 is 1.07 bits per heavy atom. The molecule has 5 rings (SSSR count). The van der Waals surface area contributed by atoms with Crippen molar-refractivity contribution in [3.63, 3.8) is 0 Å². The van der Waals surface area contributed by atoms with Gasteiger partial charge in [-0.3, -0.25) is 14.5 Å². The van der Waals surface area contributed by atoms with Gasteiger partial charge in [0.1, 0.15) is 23.9 Å². The van der Waals surface area contributed by atoms with Crippen molar-refractivity contribution in [3.8, 4) is 23.0 Å². The maximum Gasteiger partial charge on any atom is 0.350 e. The molecule has 2 aliphatic heterocycles. The highest BCUT2D eigenvalue weighted by Crippen LogP contribution is 2.46. The number of aromatic nitrogens is 1. The second kappa shape index (κ2) is 12.7. The number of esters is 1. The number of carbonyl (C=O) groups is 3. The number of anilines is 1. The molecule has 1 fully saturated rings. The van der Waals surface area contributed by atoms with Crippen molar-refractivity contribution in [1.82, 2.24) is 4.98 Å². The number of rotatable bonds is 10. The summed E-state index contributed by atoms with van der Waals surface area (Å²) in [5.41, 5.74) is 0.921. The van der Waals surface area contributed by atoms with Crippen LogP contribution in [0.25, 0.3) is 5.76 Å². The summed E-state index contributed by atoms with van der Waals surface area (Å²) in [5, 5.41) is 11.7. The monoisotopic (exact) mass is 608 g/mol. The molecular weight excluding hydrogens is 576 g/mol. The Morgan fingerprint density at radius 2 is 1.84 bits per heavy atom. The molecule has 3 heterocycles. The fourth-order valence-electron chi connectivity index (χ4n) is 4.87. The molecule has 1 saturated heterocycles. The van der Waals surface area contributed by atoms with Crippen LogP contribution in [0.15, 0.2) is 42.0 Å². The van der Waals surface area contributed by atoms with Gasteiger partial charge in [0.2, 0.25) is 0 Å². The number of fused-ring (bicyclic) bond motifs is 1. The lowest BCUT2D eigenvalue weighted by Gasteiger charge is -2.24. The van der Waals surface area contributed by atoms with E-state index in [9.17, 15) is 19.5 Å². The summed E-state index contributed by atoms with van der Waals surface area (Å²) in [6.07, 6.45) is 1.81. The number of ketones is 1. The number of nitrogens with zero attached hydrogens (tertiary/aromatic N) is 2. The summed E-state index contributed by atoms with van der Waals surface area (Å²) in [6.45, 7) is 7.08. The third kappa shape index (κ3) is 5.74. The Labute approximate surface area is 252 Å². The Hall–Kier alpha value is -4.58. The highest BCUT2D eigenvalue weighted by atomic mass is 32.1. The first kappa shape index (κ1) is 29.9. The van der Waals surface area contributed by atoms with E-state index in [2.05, 4.69) is 11.9 Å². The van der Waals surface area contributed by atoms with Crippen LogP contribution in [0.5, 0.6) is 23.0 Å². The van der Waals surface area contributed by atoms with E-state index in [-0.39, 0.29) is 21.1 Å². The predicted octanol–water partition coefficient (Wildman–Crippen LogP) is 5.21. The van der Waals surface area contributed by atoms with Crippen LogP contribution in [-0.4, -0.2) is 61.3 Å². The van der Waals surface area contributed by atoms with Crippen LogP contribution in [0, 0.1) is 6.92 Å². The van der Waals surface area contributed by atoms with Crippen molar-refractivity contribution < 1.29 is 43.2 Å². The summed E-state index contributed by atoms with van der Waals surface area (Å²) in [4.78, 5) is 45.5. The second-order valence-corrected chi connectivity index (χ2v) is 10.7. The van der Waals surface area contributed by atoms with Gasteiger partial charge in [0.15, 0.2) is 28.1 Å². The van der Waals surface area contributed by atoms with Crippen LogP contribution in [-0.2, 0) is 14.3 Å². The average molecular weight is 609 g/mol. The van der Waals surface area contributed by atoms with Gasteiger partial charge in [-0.2, -0.15) is 0 Å². The topological polar surface area (TPSA) is 134 Å². The van der Waals surface area contributed by atoms with Crippen LogP contribution in [0.1, 0.15) is 59.2 Å². The van der Waals surface area contributed by atoms with Crippen molar-refractivity contribution in [2.75, 3.05) is 38.4 Å². The third-order valence-electron chi connectivity index (χ3n) is 6.96. The van der Waals surface area contributed by atoms with Crippen molar-refractivity contribution in [2.24, 2.45) is 0 Å². The number of Topliss-reactive ketones (excluding diaryl/α,β-unsaturated/α-hetero) is 1. The molecule has 1 atom stereocenters. The van der Waals surface area contributed by atoms with Gasteiger partial charge in [-0.1, -0.05) is 30.7 Å². The van der Waals surface area contributed by atoms with Crippen molar-refractivity contribution in [2.45, 2.75) is 39.7 Å². The third-order valence-corrected chi connectivity index (χ3v) is 8.10. The van der Waals surface area contributed by atoms with Gasteiger partial charge in [-0.25, -0.2) is 9.78 Å². The molecule has 2 aromatic carbocycles. The Bertz CT molecular complexity index is 1600. The minimum Gasteiger partial charge on any atom is -0.507 e. The molecule has 12 heteroatoms. The zero-order chi connectivity index (χ0) is 30.7. The van der Waals surface area contributed by atoms with Crippen molar-refractivity contribution in [3.05, 3.63) is 63.7 Å². The fourth-order valence-corrected chi connectivity index (χ4v) is 5.88. The first-order chi connectivity index (χ1) is 20.8. The predicted molar refractivity (Wildman–Crippen MR) is 158 cm³/mol. The number of aryl methyl sites for hydroxylation is 1. The SMILES string of the molecule is CCCCOc1ccc(C2C(=C(O)c3ccc4c(c3)OCCO4)C(=O)C(=O)N2c2nc(C)c(C(=O)OC)s2)cc1OCC. The van der Waals surface area contributed by atoms with Crippen LogP contribution in [0.4, 0.5) is 5.13 Å². The number of amides is 1. The quantitative estimate of drug-likeness (QED) is 0.107. The van der Waals surface area contributed by atoms with Gasteiger partial charge in [0, 0.05) is 5.56 Å². The number of methoxy groups -OCH3 is 1. The lowest BCUT2D eigenvalue weighted by molar-refractivity contribution is -0.132. The lowest BCUT2D eigenvalue weighted by atomic mass is 9.95. The van der Waals surface area contributed by atoms with Crippen LogP contribution in [0.3, 0.4) is 0 Å². The Morgan fingerprint density at radius 3 is 2.56 bits per heavy atom. The molecule has 43 heavy (non-hydrogen) atoms. The molecule has 0 saturated carbocycles. The highest BCUT2D eigenvalue weighted by molar-refractivity contribution is 7.17. The maximum atomic E-state index is 13.7. The summed E-state index contributed by atoms with van der Waals surface area (Å²) in [7, 11) is 1.25. The highest BCUT2D eigenvalue weighted by Gasteiger charge is 2.48. The molecule has 3 aromatic rings. The largest absolute Gasteiger partial charge is 0.507 e. The number of aliphatic hydroxyl groups excluding tert-OH is 1. The second-order valence-electron chi connectivity index (χ2n) is 9.77. The van der Waals surface area contributed by atoms with Crippen LogP contribution < -0.4 is 23.8 Å². The van der Waals surface area contributed by atoms with E-state index in [4.69, 9.17) is 23.7 Å². The molecule has 1 N–H and O–H groups in total. The minimum absolute atomic E-state index is 0.104. The standard InChI is InChI=1S/C31H32N2O9S/c1-5-7-12-40-20-10-8-18(15-22(20)39-6-2)25-24(26(34)19-9-11-21-23(16-19)42-14-13-41-21)27(35)29(36)33(25)31-32-17(3)28(43-31)30(37)38-4/h8-11,15-16,25,34H,5-7,12-14H2,1-4H3. The molecule has 0 aliphatic carbocycles. The number of carbonyl (C=O) groups excluding carboxylic acids is 3. The first-order valence-corrected chi connectivity index (χ1v) is 14.8. The fraction of sp³-hybridized carbons (Fsp3) is 0.355. The van der Waals surface area contributed by atoms with Crippen LogP contribution in [0.2, 0.25) is 0 Å². The number of unbranched alkanes of at least 4 members (excludes halogenated alkanes) is 1. The van der Waals surface area contributed by atoms with E-state index >= 15 is 0 Å². The summed E-state index contributed by atoms with van der Waals surface area (Å²) in [6, 6.07) is 8.80.